The number of carbonyl (C=O) groups is 2. The summed E-state index contributed by atoms with van der Waals surface area (Å²) in [6.45, 7) is 4.32. The fourth-order valence-electron chi connectivity index (χ4n) is 3.31. The molecule has 0 saturated carbocycles. The predicted octanol–water partition coefficient (Wildman–Crippen LogP) is 3.69. The third kappa shape index (κ3) is 4.68. The van der Waals surface area contributed by atoms with E-state index in [1.165, 1.54) is 7.11 Å². The molecule has 7 nitrogen and oxygen atoms in total. The number of amides is 3. The zero-order chi connectivity index (χ0) is 21.7. The van der Waals surface area contributed by atoms with E-state index in [0.29, 0.717) is 46.5 Å². The molecule has 0 radical (unpaired) electrons. The van der Waals surface area contributed by atoms with Crippen LogP contribution in [0.2, 0.25) is 5.02 Å². The number of methoxy groups -OCH3 is 1. The zero-order valence-electron chi connectivity index (χ0n) is 17.0. The van der Waals surface area contributed by atoms with E-state index >= 15 is 0 Å². The molecule has 0 bridgehead atoms. The normalized spacial score (nSPS) is 15.9. The van der Waals surface area contributed by atoms with Crippen LogP contribution in [0.25, 0.3) is 0 Å². The van der Waals surface area contributed by atoms with Gasteiger partial charge in [0, 0.05) is 12.2 Å². The van der Waals surface area contributed by atoms with Crippen molar-refractivity contribution in [2.45, 2.75) is 26.4 Å². The average Bonchev–Trinajstić information content (AvgIpc) is 2.73. The molecule has 30 heavy (non-hydrogen) atoms. The lowest BCUT2D eigenvalue weighted by Gasteiger charge is -2.29. The van der Waals surface area contributed by atoms with Crippen molar-refractivity contribution in [2.24, 2.45) is 0 Å². The van der Waals surface area contributed by atoms with Gasteiger partial charge in [-0.05, 0) is 37.1 Å². The molecule has 8 heteroatoms. The Balaban J connectivity index is 1.93. The first-order valence-electron chi connectivity index (χ1n) is 9.55. The minimum atomic E-state index is -0.698. The molecule has 0 fully saturated rings. The van der Waals surface area contributed by atoms with Crippen LogP contribution in [-0.2, 0) is 11.3 Å². The summed E-state index contributed by atoms with van der Waals surface area (Å²) in [6.07, 6.45) is 0. The van der Waals surface area contributed by atoms with Gasteiger partial charge in [0.2, 0.25) is 0 Å². The van der Waals surface area contributed by atoms with Crippen LogP contribution >= 0.6 is 11.6 Å². The molecular formula is C22H24ClN3O4. The highest BCUT2D eigenvalue weighted by Crippen LogP contribution is 2.40. The Bertz CT molecular complexity index is 976. The minimum Gasteiger partial charge on any atom is -0.493 e. The van der Waals surface area contributed by atoms with Crippen LogP contribution in [0.1, 0.15) is 31.0 Å². The SMILES string of the molecule is CCOc1c(Cl)cc([C@@H]2NC(=O)NC(C)=C2C(=O)NCc2ccccc2)cc1OC. The standard InChI is InChI=1S/C22H24ClN3O4/c1-4-30-20-16(23)10-15(11-17(20)29-3)19-18(13(2)25-22(28)26-19)21(27)24-12-14-8-6-5-7-9-14/h5-11,19H,4,12H2,1-3H3,(H,24,27)(H2,25,26,28)/t19-/m0/s1. The van der Waals surface area contributed by atoms with E-state index in [9.17, 15) is 9.59 Å². The Morgan fingerprint density at radius 2 is 1.97 bits per heavy atom. The first-order valence-corrected chi connectivity index (χ1v) is 9.93. The summed E-state index contributed by atoms with van der Waals surface area (Å²) in [6, 6.07) is 11.9. The van der Waals surface area contributed by atoms with Crippen molar-refractivity contribution in [3.63, 3.8) is 0 Å². The highest BCUT2D eigenvalue weighted by molar-refractivity contribution is 6.32. The summed E-state index contributed by atoms with van der Waals surface area (Å²) in [5.74, 6) is 0.549. The van der Waals surface area contributed by atoms with Gasteiger partial charge in [0.1, 0.15) is 0 Å². The number of hydrogen-bond acceptors (Lipinski definition) is 4. The van der Waals surface area contributed by atoms with E-state index in [1.54, 1.807) is 19.1 Å². The topological polar surface area (TPSA) is 88.7 Å². The van der Waals surface area contributed by atoms with E-state index in [-0.39, 0.29) is 5.91 Å². The fourth-order valence-corrected chi connectivity index (χ4v) is 3.58. The first kappa shape index (κ1) is 21.5. The zero-order valence-corrected chi connectivity index (χ0v) is 17.8. The highest BCUT2D eigenvalue weighted by atomic mass is 35.5. The molecule has 3 amide bonds. The minimum absolute atomic E-state index is 0.294. The molecule has 158 valence electrons. The molecule has 2 aromatic carbocycles. The second-order valence-corrected chi connectivity index (χ2v) is 7.11. The fraction of sp³-hybridized carbons (Fsp3) is 0.273. The Labute approximate surface area is 180 Å². The molecule has 2 aromatic rings. The maximum atomic E-state index is 13.0. The van der Waals surface area contributed by atoms with Crippen molar-refractivity contribution in [3.05, 3.63) is 69.9 Å². The number of rotatable bonds is 7. The molecule has 0 aromatic heterocycles. The molecule has 1 heterocycles. The van der Waals surface area contributed by atoms with E-state index < -0.39 is 12.1 Å². The van der Waals surface area contributed by atoms with Crippen LogP contribution in [0.3, 0.4) is 0 Å². The highest BCUT2D eigenvalue weighted by Gasteiger charge is 2.32. The van der Waals surface area contributed by atoms with Crippen LogP contribution in [-0.4, -0.2) is 25.7 Å². The number of urea groups is 1. The summed E-state index contributed by atoms with van der Waals surface area (Å²) in [5.41, 5.74) is 2.45. The van der Waals surface area contributed by atoms with Crippen molar-refractivity contribution < 1.29 is 19.1 Å². The van der Waals surface area contributed by atoms with Crippen molar-refractivity contribution in [2.75, 3.05) is 13.7 Å². The van der Waals surface area contributed by atoms with Crippen molar-refractivity contribution in [1.82, 2.24) is 16.0 Å². The molecule has 1 atom stereocenters. The van der Waals surface area contributed by atoms with Gasteiger partial charge in [-0.3, -0.25) is 4.79 Å². The lowest BCUT2D eigenvalue weighted by Crippen LogP contribution is -2.46. The largest absolute Gasteiger partial charge is 0.493 e. The monoisotopic (exact) mass is 429 g/mol. The maximum Gasteiger partial charge on any atom is 0.319 e. The third-order valence-electron chi connectivity index (χ3n) is 4.68. The number of ether oxygens (including phenoxy) is 2. The molecule has 3 N–H and O–H groups in total. The smallest absolute Gasteiger partial charge is 0.319 e. The Morgan fingerprint density at radius 3 is 2.63 bits per heavy atom. The van der Waals surface area contributed by atoms with Crippen LogP contribution in [0.5, 0.6) is 11.5 Å². The second kappa shape index (κ2) is 9.54. The quantitative estimate of drug-likeness (QED) is 0.626. The van der Waals surface area contributed by atoms with Crippen molar-refractivity contribution in [1.29, 1.82) is 0 Å². The first-order chi connectivity index (χ1) is 14.4. The molecule has 0 aliphatic carbocycles. The van der Waals surface area contributed by atoms with Crippen molar-refractivity contribution >= 4 is 23.5 Å². The molecule has 0 spiro atoms. The van der Waals surface area contributed by atoms with Gasteiger partial charge in [-0.25, -0.2) is 4.79 Å². The summed E-state index contributed by atoms with van der Waals surface area (Å²) in [5, 5.41) is 8.71. The van der Waals surface area contributed by atoms with Gasteiger partial charge in [0.15, 0.2) is 11.5 Å². The summed E-state index contributed by atoms with van der Waals surface area (Å²) in [7, 11) is 1.51. The number of halogens is 1. The van der Waals surface area contributed by atoms with Crippen molar-refractivity contribution in [3.8, 4) is 11.5 Å². The van der Waals surface area contributed by atoms with Crippen LogP contribution in [0, 0.1) is 0 Å². The van der Waals surface area contributed by atoms with E-state index in [0.717, 1.165) is 5.56 Å². The number of allylic oxidation sites excluding steroid dienone is 1. The lowest BCUT2D eigenvalue weighted by molar-refractivity contribution is -0.118. The molecule has 1 aliphatic heterocycles. The molecule has 0 unspecified atom stereocenters. The van der Waals surface area contributed by atoms with Gasteiger partial charge in [-0.2, -0.15) is 0 Å². The molecule has 0 saturated heterocycles. The maximum absolute atomic E-state index is 13.0. The predicted molar refractivity (Wildman–Crippen MR) is 115 cm³/mol. The number of carbonyl (C=O) groups excluding carboxylic acids is 2. The summed E-state index contributed by atoms with van der Waals surface area (Å²) < 4.78 is 11.0. The molecule has 3 rings (SSSR count). The van der Waals surface area contributed by atoms with E-state index in [1.807, 2.05) is 37.3 Å². The van der Waals surface area contributed by atoms with Gasteiger partial charge in [-0.15, -0.1) is 0 Å². The Kier molecular flexibility index (Phi) is 6.84. The van der Waals surface area contributed by atoms with Gasteiger partial charge in [-0.1, -0.05) is 41.9 Å². The molecule has 1 aliphatic rings. The number of nitrogens with one attached hydrogen (secondary N) is 3. The summed E-state index contributed by atoms with van der Waals surface area (Å²) in [4.78, 5) is 25.2. The molecular weight excluding hydrogens is 406 g/mol. The number of benzene rings is 2. The number of hydrogen-bond donors (Lipinski definition) is 3. The van der Waals surface area contributed by atoms with Gasteiger partial charge in [0.25, 0.3) is 5.91 Å². The summed E-state index contributed by atoms with van der Waals surface area (Å²) >= 11 is 6.40. The van der Waals surface area contributed by atoms with Gasteiger partial charge >= 0.3 is 6.03 Å². The lowest BCUT2D eigenvalue weighted by atomic mass is 9.94. The average molecular weight is 430 g/mol. The van der Waals surface area contributed by atoms with Crippen LogP contribution in [0.15, 0.2) is 53.7 Å². The Hall–Kier alpha value is -3.19. The van der Waals surface area contributed by atoms with E-state index in [2.05, 4.69) is 16.0 Å². The van der Waals surface area contributed by atoms with E-state index in [4.69, 9.17) is 21.1 Å². The van der Waals surface area contributed by atoms with Crippen LogP contribution in [0.4, 0.5) is 4.79 Å². The van der Waals surface area contributed by atoms with Crippen LogP contribution < -0.4 is 25.4 Å². The third-order valence-corrected chi connectivity index (χ3v) is 4.96. The second-order valence-electron chi connectivity index (χ2n) is 6.71. The van der Waals surface area contributed by atoms with Gasteiger partial charge in [0.05, 0.1) is 30.4 Å². The Morgan fingerprint density at radius 1 is 1.23 bits per heavy atom. The van der Waals surface area contributed by atoms with Gasteiger partial charge < -0.3 is 25.4 Å².